The standard InChI is InChI=1S/C21H21N3O5S/c1-2-28-21(27)18-16(15(10-22)19(23)30-18)12-29-20(26)14-6-3-5-13(9-14)11-24-8-4-7-17(24)25/h3,5-6,9H,2,4,7-8,11-12,23H2,1H3. The Bertz CT molecular complexity index is 1020. The van der Waals surface area contributed by atoms with E-state index in [1.54, 1.807) is 30.0 Å². The number of nitriles is 1. The lowest BCUT2D eigenvalue weighted by Gasteiger charge is -2.15. The molecule has 9 heteroatoms. The molecule has 8 nitrogen and oxygen atoms in total. The Balaban J connectivity index is 1.73. The molecule has 0 radical (unpaired) electrons. The van der Waals surface area contributed by atoms with Gasteiger partial charge in [0.25, 0.3) is 0 Å². The summed E-state index contributed by atoms with van der Waals surface area (Å²) < 4.78 is 10.4. The summed E-state index contributed by atoms with van der Waals surface area (Å²) >= 11 is 0.933. The van der Waals surface area contributed by atoms with Crippen molar-refractivity contribution in [2.24, 2.45) is 0 Å². The molecule has 0 atom stereocenters. The van der Waals surface area contributed by atoms with Crippen molar-refractivity contribution in [3.8, 4) is 6.07 Å². The number of hydrogen-bond donors (Lipinski definition) is 1. The van der Waals surface area contributed by atoms with Gasteiger partial charge in [0.2, 0.25) is 5.91 Å². The fraction of sp³-hybridized carbons (Fsp3) is 0.333. The van der Waals surface area contributed by atoms with Crippen molar-refractivity contribution < 1.29 is 23.9 Å². The van der Waals surface area contributed by atoms with Gasteiger partial charge in [0.05, 0.1) is 17.7 Å². The Morgan fingerprint density at radius 2 is 2.10 bits per heavy atom. The number of nitrogens with zero attached hydrogens (tertiary/aromatic N) is 2. The molecule has 156 valence electrons. The first-order valence-corrected chi connectivity index (χ1v) is 10.3. The van der Waals surface area contributed by atoms with Crippen LogP contribution >= 0.6 is 11.3 Å². The smallest absolute Gasteiger partial charge is 0.348 e. The molecular formula is C21H21N3O5S. The molecule has 1 aliphatic heterocycles. The van der Waals surface area contributed by atoms with Gasteiger partial charge in [0.15, 0.2) is 0 Å². The highest BCUT2D eigenvalue weighted by molar-refractivity contribution is 7.18. The van der Waals surface area contributed by atoms with E-state index in [0.29, 0.717) is 25.1 Å². The van der Waals surface area contributed by atoms with Crippen LogP contribution in [0.3, 0.4) is 0 Å². The number of rotatable bonds is 7. The maximum Gasteiger partial charge on any atom is 0.348 e. The van der Waals surface area contributed by atoms with Crippen LogP contribution in [0.2, 0.25) is 0 Å². The lowest BCUT2D eigenvalue weighted by molar-refractivity contribution is -0.128. The first kappa shape index (κ1) is 21.3. The largest absolute Gasteiger partial charge is 0.462 e. The molecule has 1 saturated heterocycles. The number of ether oxygens (including phenoxy) is 2. The van der Waals surface area contributed by atoms with Crippen LogP contribution in [0.5, 0.6) is 0 Å². The predicted molar refractivity (Wildman–Crippen MR) is 110 cm³/mol. The highest BCUT2D eigenvalue weighted by Crippen LogP contribution is 2.32. The van der Waals surface area contributed by atoms with Crippen LogP contribution in [0.25, 0.3) is 0 Å². The number of nitrogen functional groups attached to an aromatic ring is 1. The minimum Gasteiger partial charge on any atom is -0.462 e. The summed E-state index contributed by atoms with van der Waals surface area (Å²) in [5, 5.41) is 9.52. The third-order valence-corrected chi connectivity index (χ3v) is 5.70. The van der Waals surface area contributed by atoms with Gasteiger partial charge in [-0.15, -0.1) is 11.3 Å². The van der Waals surface area contributed by atoms with Gasteiger partial charge in [-0.2, -0.15) is 5.26 Å². The van der Waals surface area contributed by atoms with Gasteiger partial charge in [0.1, 0.15) is 22.6 Å². The number of hydrogen-bond acceptors (Lipinski definition) is 8. The zero-order chi connectivity index (χ0) is 21.7. The first-order valence-electron chi connectivity index (χ1n) is 9.46. The third kappa shape index (κ3) is 4.60. The van der Waals surface area contributed by atoms with Gasteiger partial charge in [-0.05, 0) is 31.0 Å². The second-order valence-electron chi connectivity index (χ2n) is 6.68. The van der Waals surface area contributed by atoms with Crippen molar-refractivity contribution in [2.45, 2.75) is 32.9 Å². The Morgan fingerprint density at radius 1 is 1.30 bits per heavy atom. The van der Waals surface area contributed by atoms with Crippen molar-refractivity contribution in [3.63, 3.8) is 0 Å². The summed E-state index contributed by atoms with van der Waals surface area (Å²) in [6, 6.07) is 8.79. The molecule has 0 aliphatic carbocycles. The Hall–Kier alpha value is -3.38. The highest BCUT2D eigenvalue weighted by atomic mass is 32.1. The average molecular weight is 427 g/mol. The SMILES string of the molecule is CCOC(=O)c1sc(N)c(C#N)c1COC(=O)c1cccc(CN2CCCC2=O)c1. The molecule has 1 fully saturated rings. The predicted octanol–water partition coefficient (Wildman–Crippen LogP) is 2.86. The van der Waals surface area contributed by atoms with Crippen LogP contribution in [0.1, 0.15) is 56.5 Å². The van der Waals surface area contributed by atoms with E-state index in [1.807, 2.05) is 12.1 Å². The lowest BCUT2D eigenvalue weighted by Crippen LogP contribution is -2.23. The second-order valence-corrected chi connectivity index (χ2v) is 7.73. The normalized spacial score (nSPS) is 13.2. The molecule has 30 heavy (non-hydrogen) atoms. The molecule has 1 aromatic heterocycles. The van der Waals surface area contributed by atoms with Crippen LogP contribution in [0.4, 0.5) is 5.00 Å². The summed E-state index contributed by atoms with van der Waals surface area (Å²) in [6.45, 7) is 2.71. The van der Waals surface area contributed by atoms with Gasteiger partial charge in [-0.1, -0.05) is 12.1 Å². The van der Waals surface area contributed by atoms with Gasteiger partial charge < -0.3 is 20.1 Å². The maximum atomic E-state index is 12.6. The number of anilines is 1. The molecule has 2 N–H and O–H groups in total. The highest BCUT2D eigenvalue weighted by Gasteiger charge is 2.24. The van der Waals surface area contributed by atoms with E-state index >= 15 is 0 Å². The second kappa shape index (κ2) is 9.41. The molecule has 0 spiro atoms. The van der Waals surface area contributed by atoms with E-state index in [9.17, 15) is 19.6 Å². The molecule has 0 saturated carbocycles. The molecular weight excluding hydrogens is 406 g/mol. The minimum absolute atomic E-state index is 0.105. The Morgan fingerprint density at radius 3 is 2.77 bits per heavy atom. The van der Waals surface area contributed by atoms with E-state index in [2.05, 4.69) is 0 Å². The number of carbonyl (C=O) groups is 3. The average Bonchev–Trinajstić information content (AvgIpc) is 3.28. The lowest BCUT2D eigenvalue weighted by atomic mass is 10.1. The third-order valence-electron chi connectivity index (χ3n) is 4.66. The number of likely N-dealkylation sites (tertiary alicyclic amines) is 1. The fourth-order valence-electron chi connectivity index (χ4n) is 3.22. The number of thiophene rings is 1. The van der Waals surface area contributed by atoms with Crippen molar-refractivity contribution >= 4 is 34.2 Å². The van der Waals surface area contributed by atoms with Gasteiger partial charge in [0, 0.05) is 25.1 Å². The first-order chi connectivity index (χ1) is 14.4. The summed E-state index contributed by atoms with van der Waals surface area (Å²) in [7, 11) is 0. The van der Waals surface area contributed by atoms with Crippen LogP contribution in [-0.4, -0.2) is 35.9 Å². The number of benzene rings is 1. The van der Waals surface area contributed by atoms with Gasteiger partial charge >= 0.3 is 11.9 Å². The van der Waals surface area contributed by atoms with E-state index in [4.69, 9.17) is 15.2 Å². The van der Waals surface area contributed by atoms with Crippen molar-refractivity contribution in [1.29, 1.82) is 5.26 Å². The molecule has 3 rings (SSSR count). The summed E-state index contributed by atoms with van der Waals surface area (Å²) in [5.74, 6) is -1.11. The van der Waals surface area contributed by atoms with Crippen molar-refractivity contribution in [1.82, 2.24) is 4.90 Å². The molecule has 2 heterocycles. The van der Waals surface area contributed by atoms with E-state index in [1.165, 1.54) is 0 Å². The summed E-state index contributed by atoms with van der Waals surface area (Å²) in [4.78, 5) is 38.4. The van der Waals surface area contributed by atoms with E-state index < -0.39 is 11.9 Å². The fourth-order valence-corrected chi connectivity index (χ4v) is 4.13. The molecule has 1 amide bonds. The number of esters is 2. The van der Waals surface area contributed by atoms with E-state index in [0.717, 1.165) is 23.3 Å². The zero-order valence-electron chi connectivity index (χ0n) is 16.5. The van der Waals surface area contributed by atoms with E-state index in [-0.39, 0.29) is 40.1 Å². The Kier molecular flexibility index (Phi) is 6.69. The summed E-state index contributed by atoms with van der Waals surface area (Å²) in [5.41, 5.74) is 7.32. The van der Waals surface area contributed by atoms with Gasteiger partial charge in [-0.3, -0.25) is 4.79 Å². The minimum atomic E-state index is -0.612. The molecule has 0 unspecified atom stereocenters. The maximum absolute atomic E-state index is 12.6. The molecule has 1 aliphatic rings. The number of carbonyl (C=O) groups excluding carboxylic acids is 3. The van der Waals surface area contributed by atoms with Crippen LogP contribution in [-0.2, 0) is 27.4 Å². The van der Waals surface area contributed by atoms with Crippen LogP contribution in [0, 0.1) is 11.3 Å². The van der Waals surface area contributed by atoms with Crippen molar-refractivity contribution in [2.75, 3.05) is 18.9 Å². The molecule has 1 aromatic carbocycles. The Labute approximate surface area is 177 Å². The topological polar surface area (TPSA) is 123 Å². The van der Waals surface area contributed by atoms with Gasteiger partial charge in [-0.25, -0.2) is 9.59 Å². The van der Waals surface area contributed by atoms with Crippen LogP contribution < -0.4 is 5.73 Å². The van der Waals surface area contributed by atoms with Crippen LogP contribution in [0.15, 0.2) is 24.3 Å². The quantitative estimate of drug-likeness (QED) is 0.674. The zero-order valence-corrected chi connectivity index (χ0v) is 17.3. The summed E-state index contributed by atoms with van der Waals surface area (Å²) in [6.07, 6.45) is 1.39. The molecule has 0 bridgehead atoms. The number of amides is 1. The monoisotopic (exact) mass is 427 g/mol. The molecule has 2 aromatic rings. The van der Waals surface area contributed by atoms with Crippen molar-refractivity contribution in [3.05, 3.63) is 51.4 Å². The number of nitrogens with two attached hydrogens (primary N) is 1.